The zero-order valence-corrected chi connectivity index (χ0v) is 12.7. The van der Waals surface area contributed by atoms with Crippen LogP contribution in [0.4, 0.5) is 5.82 Å². The highest BCUT2D eigenvalue weighted by Crippen LogP contribution is 2.13. The minimum atomic E-state index is -0.287. The molecule has 0 saturated heterocycles. The number of nitrogens with one attached hydrogen (secondary N) is 1. The van der Waals surface area contributed by atoms with Gasteiger partial charge in [0.15, 0.2) is 0 Å². The third kappa shape index (κ3) is 4.83. The van der Waals surface area contributed by atoms with E-state index in [1.807, 2.05) is 6.07 Å². The largest absolute Gasteiger partial charge is 0.305 e. The lowest BCUT2D eigenvalue weighted by Gasteiger charge is -2.05. The first-order chi connectivity index (χ1) is 10.2. The molecule has 110 valence electrons. The van der Waals surface area contributed by atoms with Crippen LogP contribution in [-0.4, -0.2) is 15.9 Å². The molecule has 0 atom stereocenters. The molecule has 0 saturated carbocycles. The maximum atomic E-state index is 12.0. The second-order valence-corrected chi connectivity index (χ2v) is 5.26. The number of anilines is 1. The summed E-state index contributed by atoms with van der Waals surface area (Å²) in [7, 11) is 0. The van der Waals surface area contributed by atoms with Crippen LogP contribution in [0.5, 0.6) is 0 Å². The Hall–Kier alpha value is -1.94. The van der Waals surface area contributed by atoms with Crippen molar-refractivity contribution in [2.75, 3.05) is 5.32 Å². The van der Waals surface area contributed by atoms with E-state index in [0.717, 1.165) is 18.4 Å². The third-order valence-electron chi connectivity index (χ3n) is 3.09. The van der Waals surface area contributed by atoms with Crippen molar-refractivity contribution in [3.05, 3.63) is 52.9 Å². The van der Waals surface area contributed by atoms with E-state index in [1.54, 1.807) is 30.6 Å². The first-order valence-electron chi connectivity index (χ1n) is 7.07. The van der Waals surface area contributed by atoms with Gasteiger partial charge >= 0.3 is 0 Å². The molecule has 2 aromatic rings. The molecule has 2 heterocycles. The van der Waals surface area contributed by atoms with Gasteiger partial charge in [0.25, 0.3) is 5.91 Å². The maximum absolute atomic E-state index is 12.0. The zero-order chi connectivity index (χ0) is 15.1. The molecule has 0 fully saturated rings. The van der Waals surface area contributed by atoms with Gasteiger partial charge in [0.2, 0.25) is 0 Å². The van der Waals surface area contributed by atoms with Crippen molar-refractivity contribution in [3.63, 3.8) is 0 Å². The number of nitrogens with zero attached hydrogens (tertiary/aromatic N) is 2. The van der Waals surface area contributed by atoms with Crippen LogP contribution in [0.3, 0.4) is 0 Å². The lowest BCUT2D eigenvalue weighted by Crippen LogP contribution is -2.14. The van der Waals surface area contributed by atoms with Crippen molar-refractivity contribution in [1.82, 2.24) is 9.97 Å². The van der Waals surface area contributed by atoms with Crippen LogP contribution in [0.25, 0.3) is 0 Å². The lowest BCUT2D eigenvalue weighted by atomic mass is 10.1. The SMILES string of the molecule is CCCCCc1ccc(C(=O)Nc2cc(Cl)ccn2)nc1. The average Bonchev–Trinajstić information content (AvgIpc) is 2.48. The first-order valence-corrected chi connectivity index (χ1v) is 7.44. The number of carbonyl (C=O) groups is 1. The molecule has 0 bridgehead atoms. The summed E-state index contributed by atoms with van der Waals surface area (Å²) >= 11 is 5.85. The van der Waals surface area contributed by atoms with Gasteiger partial charge < -0.3 is 5.32 Å². The van der Waals surface area contributed by atoms with Crippen molar-refractivity contribution in [2.45, 2.75) is 32.6 Å². The molecule has 0 aromatic carbocycles. The van der Waals surface area contributed by atoms with Crippen LogP contribution < -0.4 is 5.32 Å². The molecule has 2 rings (SSSR count). The van der Waals surface area contributed by atoms with Gasteiger partial charge in [-0.15, -0.1) is 0 Å². The number of aryl methyl sites for hydroxylation is 1. The fourth-order valence-corrected chi connectivity index (χ4v) is 2.10. The van der Waals surface area contributed by atoms with Gasteiger partial charge in [0.1, 0.15) is 11.5 Å². The summed E-state index contributed by atoms with van der Waals surface area (Å²) in [6.45, 7) is 2.18. The second-order valence-electron chi connectivity index (χ2n) is 4.82. The number of hydrogen-bond donors (Lipinski definition) is 1. The molecule has 0 aliphatic heterocycles. The van der Waals surface area contributed by atoms with E-state index < -0.39 is 0 Å². The number of amides is 1. The molecule has 2 aromatic heterocycles. The van der Waals surface area contributed by atoms with E-state index in [9.17, 15) is 4.79 Å². The summed E-state index contributed by atoms with van der Waals surface area (Å²) < 4.78 is 0. The van der Waals surface area contributed by atoms with E-state index in [4.69, 9.17) is 11.6 Å². The summed E-state index contributed by atoms with van der Waals surface area (Å²) in [5.74, 6) is 0.131. The van der Waals surface area contributed by atoms with Gasteiger partial charge in [-0.05, 0) is 36.6 Å². The number of halogens is 1. The number of pyridine rings is 2. The fraction of sp³-hybridized carbons (Fsp3) is 0.312. The predicted molar refractivity (Wildman–Crippen MR) is 84.7 cm³/mol. The average molecular weight is 304 g/mol. The third-order valence-corrected chi connectivity index (χ3v) is 3.33. The standard InChI is InChI=1S/C16H18ClN3O/c1-2-3-4-5-12-6-7-14(19-11-12)16(21)20-15-10-13(17)8-9-18-15/h6-11H,2-5H2,1H3,(H,18,20,21). The summed E-state index contributed by atoms with van der Waals surface area (Å²) in [6.07, 6.45) is 7.86. The highest BCUT2D eigenvalue weighted by molar-refractivity contribution is 6.30. The topological polar surface area (TPSA) is 54.9 Å². The normalized spacial score (nSPS) is 10.4. The summed E-state index contributed by atoms with van der Waals surface area (Å²) in [5, 5.41) is 3.20. The molecule has 1 N–H and O–H groups in total. The molecule has 0 unspecified atom stereocenters. The van der Waals surface area contributed by atoms with Gasteiger partial charge in [0, 0.05) is 17.4 Å². The minimum absolute atomic E-state index is 0.287. The molecule has 4 nitrogen and oxygen atoms in total. The lowest BCUT2D eigenvalue weighted by molar-refractivity contribution is 0.102. The van der Waals surface area contributed by atoms with Gasteiger partial charge in [-0.1, -0.05) is 37.4 Å². The summed E-state index contributed by atoms with van der Waals surface area (Å²) in [4.78, 5) is 20.3. The smallest absolute Gasteiger partial charge is 0.275 e. The van der Waals surface area contributed by atoms with Crippen LogP contribution in [0.15, 0.2) is 36.7 Å². The quantitative estimate of drug-likeness (QED) is 0.817. The highest BCUT2D eigenvalue weighted by Gasteiger charge is 2.08. The van der Waals surface area contributed by atoms with E-state index in [-0.39, 0.29) is 5.91 Å². The van der Waals surface area contributed by atoms with Gasteiger partial charge in [-0.2, -0.15) is 0 Å². The zero-order valence-electron chi connectivity index (χ0n) is 12.0. The van der Waals surface area contributed by atoms with Crippen LogP contribution in [0.2, 0.25) is 5.02 Å². The van der Waals surface area contributed by atoms with Crippen LogP contribution >= 0.6 is 11.6 Å². The van der Waals surface area contributed by atoms with Crippen molar-refractivity contribution >= 4 is 23.3 Å². The molecule has 0 aliphatic rings. The van der Waals surface area contributed by atoms with Crippen LogP contribution in [0, 0.1) is 0 Å². The van der Waals surface area contributed by atoms with E-state index in [0.29, 0.717) is 16.5 Å². The Balaban J connectivity index is 1.96. The van der Waals surface area contributed by atoms with Crippen molar-refractivity contribution in [1.29, 1.82) is 0 Å². The maximum Gasteiger partial charge on any atom is 0.275 e. The highest BCUT2D eigenvalue weighted by atomic mass is 35.5. The van der Waals surface area contributed by atoms with Crippen LogP contribution in [0.1, 0.15) is 42.2 Å². The Labute approximate surface area is 129 Å². The van der Waals surface area contributed by atoms with Crippen LogP contribution in [-0.2, 0) is 6.42 Å². The second kappa shape index (κ2) is 7.74. The Kier molecular flexibility index (Phi) is 5.69. The Morgan fingerprint density at radius 2 is 2.10 bits per heavy atom. The van der Waals surface area contributed by atoms with E-state index >= 15 is 0 Å². The Bertz CT molecular complexity index is 599. The monoisotopic (exact) mass is 303 g/mol. The molecule has 21 heavy (non-hydrogen) atoms. The van der Waals surface area contributed by atoms with Crippen molar-refractivity contribution in [3.8, 4) is 0 Å². The molecular weight excluding hydrogens is 286 g/mol. The molecule has 1 amide bonds. The van der Waals surface area contributed by atoms with E-state index in [2.05, 4.69) is 22.2 Å². The number of hydrogen-bond acceptors (Lipinski definition) is 3. The van der Waals surface area contributed by atoms with Crippen molar-refractivity contribution in [2.24, 2.45) is 0 Å². The molecule has 5 heteroatoms. The number of aromatic nitrogens is 2. The molecule has 0 aliphatic carbocycles. The fourth-order valence-electron chi connectivity index (χ4n) is 1.94. The number of rotatable bonds is 6. The Morgan fingerprint density at radius 1 is 1.24 bits per heavy atom. The summed E-state index contributed by atoms with van der Waals surface area (Å²) in [6, 6.07) is 6.93. The minimum Gasteiger partial charge on any atom is -0.305 e. The number of unbranched alkanes of at least 4 members (excludes halogenated alkanes) is 2. The van der Waals surface area contributed by atoms with Gasteiger partial charge in [0.05, 0.1) is 0 Å². The molecule has 0 spiro atoms. The summed E-state index contributed by atoms with van der Waals surface area (Å²) in [5.41, 5.74) is 1.52. The molecular formula is C16H18ClN3O. The molecule has 0 radical (unpaired) electrons. The van der Waals surface area contributed by atoms with Crippen molar-refractivity contribution < 1.29 is 4.79 Å². The van der Waals surface area contributed by atoms with Gasteiger partial charge in [-0.25, -0.2) is 4.98 Å². The van der Waals surface area contributed by atoms with Gasteiger partial charge in [-0.3, -0.25) is 9.78 Å². The first kappa shape index (κ1) is 15.4. The number of carbonyl (C=O) groups excluding carboxylic acids is 1. The Morgan fingerprint density at radius 3 is 2.76 bits per heavy atom. The van der Waals surface area contributed by atoms with E-state index in [1.165, 1.54) is 12.8 Å². The predicted octanol–water partition coefficient (Wildman–Crippen LogP) is 4.12.